The van der Waals surface area contributed by atoms with E-state index in [4.69, 9.17) is 31.7 Å². The lowest BCUT2D eigenvalue weighted by atomic mass is 10.0. The summed E-state index contributed by atoms with van der Waals surface area (Å²) in [4.78, 5) is 12.8. The van der Waals surface area contributed by atoms with Crippen molar-refractivity contribution in [1.29, 1.82) is 0 Å². The lowest BCUT2D eigenvalue weighted by Crippen LogP contribution is -2.48. The molecule has 1 unspecified atom stereocenters. The van der Waals surface area contributed by atoms with Crippen molar-refractivity contribution in [2.45, 2.75) is 39.8 Å². The minimum Gasteiger partial charge on any atom is -0.497 e. The molecule has 2 aromatic carbocycles. The maximum atomic E-state index is 5.94. The number of aryl methyl sites for hydroxylation is 1. The molecule has 0 aliphatic heterocycles. The number of fused-ring (bicyclic) bond motifs is 1. The third-order valence-electron chi connectivity index (χ3n) is 5.53. The predicted molar refractivity (Wildman–Crippen MR) is 139 cm³/mol. The second-order valence-corrected chi connectivity index (χ2v) is 8.96. The molecule has 3 rings (SSSR count). The lowest BCUT2D eigenvalue weighted by molar-refractivity contribution is 0.203. The normalized spacial score (nSPS) is 12.1. The quantitative estimate of drug-likeness (QED) is 0.402. The number of nitrogens with one attached hydrogen (secondary N) is 1. The second kappa shape index (κ2) is 11.9. The molecule has 0 amide bonds. The number of para-hydroxylation sites is 2. The maximum Gasteiger partial charge on any atom is 0.151 e. The summed E-state index contributed by atoms with van der Waals surface area (Å²) in [6, 6.07) is 16.0. The number of benzene rings is 2. The van der Waals surface area contributed by atoms with Crippen molar-refractivity contribution in [3.8, 4) is 5.75 Å². The number of hydrogen-bond donors (Lipinski definition) is 1. The molecule has 176 valence electrons. The molecule has 0 radical (unpaired) electrons. The molecule has 6 nitrogen and oxygen atoms in total. The summed E-state index contributed by atoms with van der Waals surface area (Å²) in [5.41, 5.74) is 3.80. The number of hydrogen-bond acceptors (Lipinski definition) is 6. The summed E-state index contributed by atoms with van der Waals surface area (Å²) >= 11 is 5.94. The summed E-state index contributed by atoms with van der Waals surface area (Å²) in [7, 11) is 3.39. The van der Waals surface area contributed by atoms with E-state index in [0.29, 0.717) is 25.6 Å². The van der Waals surface area contributed by atoms with Crippen LogP contribution < -0.4 is 15.0 Å². The van der Waals surface area contributed by atoms with Gasteiger partial charge in [0.05, 0.1) is 41.5 Å². The monoisotopic (exact) mass is 466 g/mol. The van der Waals surface area contributed by atoms with Crippen molar-refractivity contribution >= 4 is 34.1 Å². The van der Waals surface area contributed by atoms with Crippen LogP contribution in [0.15, 0.2) is 48.5 Å². The topological polar surface area (TPSA) is 59.5 Å². The Kier molecular flexibility index (Phi) is 8.97. The van der Waals surface area contributed by atoms with Crippen LogP contribution in [0.2, 0.25) is 0 Å². The molecular weight excluding hydrogens is 432 g/mol. The average molecular weight is 467 g/mol. The molecule has 1 heterocycles. The van der Waals surface area contributed by atoms with Gasteiger partial charge in [-0.1, -0.05) is 50.3 Å². The minimum absolute atomic E-state index is 0.0254. The van der Waals surface area contributed by atoms with Crippen molar-refractivity contribution in [3.63, 3.8) is 0 Å². The highest BCUT2D eigenvalue weighted by Gasteiger charge is 2.27. The van der Waals surface area contributed by atoms with Gasteiger partial charge in [-0.15, -0.1) is 0 Å². The van der Waals surface area contributed by atoms with Crippen molar-refractivity contribution < 1.29 is 9.47 Å². The van der Waals surface area contributed by atoms with Crippen LogP contribution in [0.3, 0.4) is 0 Å². The first-order valence-electron chi connectivity index (χ1n) is 11.3. The second-order valence-electron chi connectivity index (χ2n) is 8.52. The highest BCUT2D eigenvalue weighted by Crippen LogP contribution is 2.25. The third-order valence-corrected chi connectivity index (χ3v) is 5.94. The molecule has 0 aliphatic rings. The number of ether oxygens (including phenoxy) is 2. The third kappa shape index (κ3) is 6.62. The fourth-order valence-corrected chi connectivity index (χ4v) is 4.12. The van der Waals surface area contributed by atoms with Gasteiger partial charge in [0.25, 0.3) is 0 Å². The van der Waals surface area contributed by atoms with E-state index in [1.54, 1.807) is 14.2 Å². The molecule has 1 aromatic heterocycles. The standard InChI is InChI=1S/C26H34N4O2S/c1-18(2)16-24(26(33)27-17-20-10-12-21(32-5)13-11-20)30(14-15-31-4)25-19(3)28-22-8-6-7-9-23(22)29-25/h6-13,18,24H,14-17H2,1-5H3,(H,27,33). The Morgan fingerprint density at radius 1 is 1.03 bits per heavy atom. The van der Waals surface area contributed by atoms with Crippen molar-refractivity contribution in [2.75, 3.05) is 32.3 Å². The van der Waals surface area contributed by atoms with Gasteiger partial charge in [-0.2, -0.15) is 0 Å². The SMILES string of the molecule is COCCN(c1nc2ccccc2nc1C)C(CC(C)C)C(=S)NCc1ccc(OC)cc1. The van der Waals surface area contributed by atoms with E-state index in [1.165, 1.54) is 0 Å². The van der Waals surface area contributed by atoms with E-state index in [9.17, 15) is 0 Å². The van der Waals surface area contributed by atoms with Crippen LogP contribution in [0.4, 0.5) is 5.82 Å². The first-order valence-corrected chi connectivity index (χ1v) is 11.7. The summed E-state index contributed by atoms with van der Waals surface area (Å²) in [5, 5.41) is 3.49. The Hall–Kier alpha value is -2.77. The summed E-state index contributed by atoms with van der Waals surface area (Å²) < 4.78 is 10.7. The molecule has 0 aliphatic carbocycles. The number of aromatic nitrogens is 2. The van der Waals surface area contributed by atoms with Gasteiger partial charge in [-0.25, -0.2) is 9.97 Å². The zero-order chi connectivity index (χ0) is 23.8. The van der Waals surface area contributed by atoms with Crippen LogP contribution in [0.25, 0.3) is 11.0 Å². The fraction of sp³-hybridized carbons (Fsp3) is 0.423. The highest BCUT2D eigenvalue weighted by molar-refractivity contribution is 7.80. The smallest absolute Gasteiger partial charge is 0.151 e. The Labute approximate surface area is 202 Å². The van der Waals surface area contributed by atoms with E-state index < -0.39 is 0 Å². The Bertz CT molecular complexity index is 1060. The van der Waals surface area contributed by atoms with E-state index >= 15 is 0 Å². The molecule has 0 saturated heterocycles. The highest BCUT2D eigenvalue weighted by atomic mass is 32.1. The largest absolute Gasteiger partial charge is 0.497 e. The summed E-state index contributed by atoms with van der Waals surface area (Å²) in [5.74, 6) is 2.15. The van der Waals surface area contributed by atoms with Crippen LogP contribution in [-0.2, 0) is 11.3 Å². The number of thiocarbonyl (C=S) groups is 1. The van der Waals surface area contributed by atoms with Crippen LogP contribution in [0.1, 0.15) is 31.5 Å². The maximum absolute atomic E-state index is 5.94. The average Bonchev–Trinajstić information content (AvgIpc) is 2.82. The van der Waals surface area contributed by atoms with Gasteiger partial charge >= 0.3 is 0 Å². The number of anilines is 1. The van der Waals surface area contributed by atoms with E-state index in [0.717, 1.165) is 45.3 Å². The van der Waals surface area contributed by atoms with Crippen LogP contribution in [0.5, 0.6) is 5.75 Å². The minimum atomic E-state index is -0.0254. The fourth-order valence-electron chi connectivity index (χ4n) is 3.82. The van der Waals surface area contributed by atoms with E-state index in [2.05, 4.69) is 24.1 Å². The predicted octanol–water partition coefficient (Wildman–Crippen LogP) is 4.93. The molecule has 33 heavy (non-hydrogen) atoms. The molecule has 0 bridgehead atoms. The van der Waals surface area contributed by atoms with Gasteiger partial charge in [0.2, 0.25) is 0 Å². The van der Waals surface area contributed by atoms with Gasteiger partial charge in [0.1, 0.15) is 5.75 Å². The van der Waals surface area contributed by atoms with Gasteiger partial charge < -0.3 is 19.7 Å². The first-order chi connectivity index (χ1) is 15.9. The zero-order valence-corrected chi connectivity index (χ0v) is 21.0. The molecule has 0 saturated carbocycles. The molecule has 7 heteroatoms. The number of methoxy groups -OCH3 is 2. The molecule has 3 aromatic rings. The lowest BCUT2D eigenvalue weighted by Gasteiger charge is -2.35. The molecular formula is C26H34N4O2S. The van der Waals surface area contributed by atoms with Crippen LogP contribution >= 0.6 is 12.2 Å². The van der Waals surface area contributed by atoms with Gasteiger partial charge in [-0.05, 0) is 49.1 Å². The molecule has 0 spiro atoms. The summed E-state index contributed by atoms with van der Waals surface area (Å²) in [6.45, 7) is 8.33. The Morgan fingerprint density at radius 2 is 1.70 bits per heavy atom. The Balaban J connectivity index is 1.89. The van der Waals surface area contributed by atoms with Crippen LogP contribution in [-0.4, -0.2) is 48.4 Å². The number of nitrogens with zero attached hydrogens (tertiary/aromatic N) is 3. The molecule has 1 N–H and O–H groups in total. The first kappa shape index (κ1) is 24.9. The van der Waals surface area contributed by atoms with Crippen molar-refractivity contribution in [3.05, 3.63) is 59.8 Å². The van der Waals surface area contributed by atoms with Crippen molar-refractivity contribution in [1.82, 2.24) is 15.3 Å². The number of rotatable bonds is 11. The van der Waals surface area contributed by atoms with Crippen LogP contribution in [0, 0.1) is 12.8 Å². The van der Waals surface area contributed by atoms with Gasteiger partial charge in [0.15, 0.2) is 5.82 Å². The zero-order valence-electron chi connectivity index (χ0n) is 20.2. The summed E-state index contributed by atoms with van der Waals surface area (Å²) in [6.07, 6.45) is 0.895. The van der Waals surface area contributed by atoms with Gasteiger partial charge in [-0.3, -0.25) is 0 Å². The van der Waals surface area contributed by atoms with E-state index in [-0.39, 0.29) is 6.04 Å². The Morgan fingerprint density at radius 3 is 2.30 bits per heavy atom. The van der Waals surface area contributed by atoms with Crippen molar-refractivity contribution in [2.24, 2.45) is 5.92 Å². The molecule has 1 atom stereocenters. The van der Waals surface area contributed by atoms with E-state index in [1.807, 2.05) is 55.5 Å². The van der Waals surface area contributed by atoms with Gasteiger partial charge in [0, 0.05) is 20.2 Å². The molecule has 0 fully saturated rings.